The molecule has 0 bridgehead atoms. The summed E-state index contributed by atoms with van der Waals surface area (Å²) in [4.78, 5) is 14.3. The normalized spacial score (nSPS) is 28.0. The summed E-state index contributed by atoms with van der Waals surface area (Å²) in [6.07, 6.45) is 8.08. The number of aliphatic hydroxyl groups is 1. The van der Waals surface area contributed by atoms with E-state index in [1.807, 2.05) is 4.90 Å². The highest BCUT2D eigenvalue weighted by molar-refractivity contribution is 6.35. The van der Waals surface area contributed by atoms with E-state index in [0.29, 0.717) is 29.6 Å². The second-order valence-corrected chi connectivity index (χ2v) is 7.42. The Kier molecular flexibility index (Phi) is 5.00. The maximum Gasteiger partial charge on any atom is 0.246 e. The van der Waals surface area contributed by atoms with Gasteiger partial charge < -0.3 is 10.0 Å². The molecule has 3 nitrogen and oxygen atoms in total. The Hall–Kier alpha value is -1.03. The van der Waals surface area contributed by atoms with E-state index >= 15 is 0 Å². The van der Waals surface area contributed by atoms with E-state index in [-0.39, 0.29) is 11.8 Å². The number of piperidine rings is 1. The van der Waals surface area contributed by atoms with Crippen molar-refractivity contribution in [2.24, 2.45) is 5.92 Å². The zero-order valence-electron chi connectivity index (χ0n) is 13.0. The van der Waals surface area contributed by atoms with Crippen LogP contribution in [0.5, 0.6) is 0 Å². The second-order valence-electron chi connectivity index (χ2n) is 6.58. The zero-order valence-corrected chi connectivity index (χ0v) is 14.5. The van der Waals surface area contributed by atoms with Crippen molar-refractivity contribution in [1.82, 2.24) is 4.90 Å². The summed E-state index contributed by atoms with van der Waals surface area (Å²) in [6.45, 7) is 1.26. The Morgan fingerprint density at radius 3 is 2.91 bits per heavy atom. The van der Waals surface area contributed by atoms with Crippen molar-refractivity contribution in [2.75, 3.05) is 13.1 Å². The fraction of sp³-hybridized carbons (Fsp3) is 0.500. The Labute approximate surface area is 146 Å². The highest BCUT2D eigenvalue weighted by Crippen LogP contribution is 2.39. The summed E-state index contributed by atoms with van der Waals surface area (Å²) < 4.78 is 0. The molecule has 2 atom stereocenters. The van der Waals surface area contributed by atoms with E-state index in [9.17, 15) is 9.90 Å². The van der Waals surface area contributed by atoms with Gasteiger partial charge in [0, 0.05) is 35.1 Å². The first-order valence-electron chi connectivity index (χ1n) is 8.12. The van der Waals surface area contributed by atoms with Crippen LogP contribution in [0.2, 0.25) is 10.0 Å². The van der Waals surface area contributed by atoms with Crippen LogP contribution >= 0.6 is 23.2 Å². The van der Waals surface area contributed by atoms with Gasteiger partial charge >= 0.3 is 0 Å². The minimum atomic E-state index is -0.557. The molecular formula is C18H21Cl2NO2. The summed E-state index contributed by atoms with van der Waals surface area (Å²) in [5, 5.41) is 11.8. The summed E-state index contributed by atoms with van der Waals surface area (Å²) in [5.74, 6) is 0.185. The second kappa shape index (κ2) is 6.84. The number of fused-ring (bicyclic) bond motifs is 1. The van der Waals surface area contributed by atoms with Crippen molar-refractivity contribution in [1.29, 1.82) is 0 Å². The van der Waals surface area contributed by atoms with Gasteiger partial charge in [0.2, 0.25) is 5.91 Å². The molecule has 1 amide bonds. The van der Waals surface area contributed by atoms with Gasteiger partial charge in [0.05, 0.1) is 5.60 Å². The van der Waals surface area contributed by atoms with Gasteiger partial charge in [-0.2, -0.15) is 0 Å². The maximum atomic E-state index is 12.4. The van der Waals surface area contributed by atoms with Crippen LogP contribution in [-0.2, 0) is 4.79 Å². The lowest BCUT2D eigenvalue weighted by atomic mass is 9.71. The van der Waals surface area contributed by atoms with Crippen molar-refractivity contribution < 1.29 is 9.90 Å². The van der Waals surface area contributed by atoms with Gasteiger partial charge in [0.1, 0.15) is 0 Å². The molecule has 1 saturated carbocycles. The van der Waals surface area contributed by atoms with Gasteiger partial charge in [-0.15, -0.1) is 0 Å². The first kappa shape index (κ1) is 16.8. The largest absolute Gasteiger partial charge is 0.389 e. The van der Waals surface area contributed by atoms with Crippen LogP contribution in [0, 0.1) is 5.92 Å². The zero-order chi connectivity index (χ0) is 16.4. The first-order chi connectivity index (χ1) is 11.0. The van der Waals surface area contributed by atoms with E-state index in [1.54, 1.807) is 30.4 Å². The van der Waals surface area contributed by atoms with Crippen molar-refractivity contribution in [3.8, 4) is 0 Å². The molecule has 1 aliphatic heterocycles. The quantitative estimate of drug-likeness (QED) is 0.811. The fourth-order valence-electron chi connectivity index (χ4n) is 3.67. The SMILES string of the molecule is O=C(C=Cc1ccc(Cl)cc1Cl)N1CCC2(O)CCCCC2C1. The van der Waals surface area contributed by atoms with Crippen LogP contribution in [0.25, 0.3) is 6.08 Å². The third kappa shape index (κ3) is 3.73. The van der Waals surface area contributed by atoms with Gasteiger partial charge in [0.15, 0.2) is 0 Å². The number of hydrogen-bond acceptors (Lipinski definition) is 2. The molecule has 0 radical (unpaired) electrons. The Morgan fingerprint density at radius 2 is 2.13 bits per heavy atom. The minimum absolute atomic E-state index is 0.0244. The topological polar surface area (TPSA) is 40.5 Å². The molecule has 1 saturated heterocycles. The first-order valence-corrected chi connectivity index (χ1v) is 8.88. The van der Waals surface area contributed by atoms with Crippen molar-refractivity contribution in [3.05, 3.63) is 39.9 Å². The van der Waals surface area contributed by atoms with Gasteiger partial charge in [-0.25, -0.2) is 0 Å². The fourth-order valence-corrected chi connectivity index (χ4v) is 4.15. The highest BCUT2D eigenvalue weighted by Gasteiger charge is 2.43. The molecule has 3 rings (SSSR count). The summed E-state index contributed by atoms with van der Waals surface area (Å²) in [6, 6.07) is 5.21. The van der Waals surface area contributed by atoms with E-state index in [0.717, 1.165) is 31.2 Å². The van der Waals surface area contributed by atoms with Gasteiger partial charge in [-0.3, -0.25) is 4.79 Å². The number of likely N-dealkylation sites (tertiary alicyclic amines) is 1. The lowest BCUT2D eigenvalue weighted by molar-refractivity contribution is -0.138. The third-order valence-corrected chi connectivity index (χ3v) is 5.67. The standard InChI is InChI=1S/C18H21Cl2NO2/c19-15-6-4-13(16(20)11-15)5-7-17(22)21-10-9-18(23)8-2-1-3-14(18)12-21/h4-7,11,14,23H,1-3,8-10,12H2. The molecule has 1 aliphatic carbocycles. The molecule has 124 valence electrons. The van der Waals surface area contributed by atoms with Crippen molar-refractivity contribution >= 4 is 35.2 Å². The summed E-state index contributed by atoms with van der Waals surface area (Å²) in [5.41, 5.74) is 0.216. The molecule has 1 aromatic carbocycles. The van der Waals surface area contributed by atoms with Gasteiger partial charge in [-0.1, -0.05) is 42.1 Å². The Balaban J connectivity index is 1.65. The summed E-state index contributed by atoms with van der Waals surface area (Å²) in [7, 11) is 0. The number of benzene rings is 1. The van der Waals surface area contributed by atoms with Crippen LogP contribution in [-0.4, -0.2) is 34.6 Å². The Morgan fingerprint density at radius 1 is 1.30 bits per heavy atom. The molecule has 2 fully saturated rings. The average Bonchev–Trinajstić information content (AvgIpc) is 2.53. The Bertz CT molecular complexity index is 631. The third-order valence-electron chi connectivity index (χ3n) is 5.11. The number of rotatable bonds is 2. The highest BCUT2D eigenvalue weighted by atomic mass is 35.5. The number of halogens is 2. The lowest BCUT2D eigenvalue weighted by Gasteiger charge is -2.47. The van der Waals surface area contributed by atoms with Gasteiger partial charge in [-0.05, 0) is 43.0 Å². The predicted molar refractivity (Wildman–Crippen MR) is 93.6 cm³/mol. The molecule has 1 N–H and O–H groups in total. The molecule has 2 aliphatic rings. The van der Waals surface area contributed by atoms with Crippen LogP contribution in [0.3, 0.4) is 0 Å². The number of hydrogen-bond donors (Lipinski definition) is 1. The average molecular weight is 354 g/mol. The molecule has 5 heteroatoms. The van der Waals surface area contributed by atoms with Crippen LogP contribution in [0.15, 0.2) is 24.3 Å². The summed E-state index contributed by atoms with van der Waals surface area (Å²) >= 11 is 12.0. The van der Waals surface area contributed by atoms with E-state index in [1.165, 1.54) is 0 Å². The molecular weight excluding hydrogens is 333 g/mol. The number of amides is 1. The number of carbonyl (C=O) groups excluding carboxylic acids is 1. The van der Waals surface area contributed by atoms with Crippen LogP contribution in [0.4, 0.5) is 0 Å². The predicted octanol–water partition coefficient (Wildman–Crippen LogP) is 4.16. The van der Waals surface area contributed by atoms with E-state index < -0.39 is 5.60 Å². The number of carbonyl (C=O) groups is 1. The molecule has 2 unspecified atom stereocenters. The van der Waals surface area contributed by atoms with E-state index in [4.69, 9.17) is 23.2 Å². The van der Waals surface area contributed by atoms with Crippen LogP contribution < -0.4 is 0 Å². The smallest absolute Gasteiger partial charge is 0.246 e. The molecule has 23 heavy (non-hydrogen) atoms. The van der Waals surface area contributed by atoms with E-state index in [2.05, 4.69) is 0 Å². The number of nitrogens with zero attached hydrogens (tertiary/aromatic N) is 1. The molecule has 1 heterocycles. The monoisotopic (exact) mass is 353 g/mol. The molecule has 0 aromatic heterocycles. The maximum absolute atomic E-state index is 12.4. The lowest BCUT2D eigenvalue weighted by Crippen LogP contribution is -2.54. The van der Waals surface area contributed by atoms with Crippen molar-refractivity contribution in [2.45, 2.75) is 37.7 Å². The van der Waals surface area contributed by atoms with Crippen molar-refractivity contribution in [3.63, 3.8) is 0 Å². The van der Waals surface area contributed by atoms with Crippen LogP contribution in [0.1, 0.15) is 37.7 Å². The minimum Gasteiger partial charge on any atom is -0.389 e. The van der Waals surface area contributed by atoms with Gasteiger partial charge in [0.25, 0.3) is 0 Å². The molecule has 0 spiro atoms. The molecule has 1 aromatic rings.